The second-order valence-corrected chi connectivity index (χ2v) is 2.40. The maximum atomic E-state index is 11.6. The molecule has 0 fully saturated rings. The SMILES string of the molecule is CC(CCS)C(F)(F)F. The molecule has 1 unspecified atom stereocenters. The molecular formula is C5H9F3S. The van der Waals surface area contributed by atoms with Crippen molar-refractivity contribution in [3.63, 3.8) is 0 Å². The summed E-state index contributed by atoms with van der Waals surface area (Å²) in [5.41, 5.74) is 0. The summed E-state index contributed by atoms with van der Waals surface area (Å²) in [6.45, 7) is 1.16. The number of rotatable bonds is 2. The Morgan fingerprint density at radius 3 is 2.00 bits per heavy atom. The highest BCUT2D eigenvalue weighted by molar-refractivity contribution is 7.80. The van der Waals surface area contributed by atoms with Crippen LogP contribution in [0.1, 0.15) is 13.3 Å². The molecule has 0 aliphatic carbocycles. The number of halogens is 3. The zero-order chi connectivity index (χ0) is 7.49. The summed E-state index contributed by atoms with van der Waals surface area (Å²) >= 11 is 3.69. The lowest BCUT2D eigenvalue weighted by atomic mass is 10.1. The molecule has 1 atom stereocenters. The minimum Gasteiger partial charge on any atom is -0.179 e. The van der Waals surface area contributed by atoms with Gasteiger partial charge in [0.25, 0.3) is 0 Å². The number of thiol groups is 1. The van der Waals surface area contributed by atoms with Crippen molar-refractivity contribution >= 4 is 12.6 Å². The smallest absolute Gasteiger partial charge is 0.179 e. The standard InChI is InChI=1S/C5H9F3S/c1-4(2-3-9)5(6,7)8/h4,9H,2-3H2,1H3. The van der Waals surface area contributed by atoms with Gasteiger partial charge in [-0.2, -0.15) is 25.8 Å². The first kappa shape index (κ1) is 9.14. The fraction of sp³-hybridized carbons (Fsp3) is 1.00. The minimum atomic E-state index is -4.04. The predicted octanol–water partition coefficient (Wildman–Crippen LogP) is 2.50. The molecule has 0 aliphatic heterocycles. The Morgan fingerprint density at radius 2 is 1.89 bits per heavy atom. The lowest BCUT2D eigenvalue weighted by Crippen LogP contribution is -2.19. The van der Waals surface area contributed by atoms with Crippen LogP contribution in [0.5, 0.6) is 0 Å². The van der Waals surface area contributed by atoms with Crippen molar-refractivity contribution in [2.75, 3.05) is 5.75 Å². The van der Waals surface area contributed by atoms with E-state index in [0.29, 0.717) is 5.75 Å². The molecule has 0 spiro atoms. The molecule has 0 aromatic carbocycles. The largest absolute Gasteiger partial charge is 0.391 e. The lowest BCUT2D eigenvalue weighted by molar-refractivity contribution is -0.169. The van der Waals surface area contributed by atoms with Gasteiger partial charge < -0.3 is 0 Å². The van der Waals surface area contributed by atoms with Crippen LogP contribution in [0.3, 0.4) is 0 Å². The first-order valence-corrected chi connectivity index (χ1v) is 3.29. The van der Waals surface area contributed by atoms with Crippen molar-refractivity contribution in [3.05, 3.63) is 0 Å². The summed E-state index contributed by atoms with van der Waals surface area (Å²) in [5, 5.41) is 0. The Hall–Kier alpha value is 0.140. The highest BCUT2D eigenvalue weighted by Crippen LogP contribution is 2.27. The zero-order valence-electron chi connectivity index (χ0n) is 5.07. The fourth-order valence-corrected chi connectivity index (χ4v) is 0.745. The van der Waals surface area contributed by atoms with Gasteiger partial charge >= 0.3 is 6.18 Å². The summed E-state index contributed by atoms with van der Waals surface area (Å²) in [7, 11) is 0. The first-order chi connectivity index (χ1) is 3.98. The van der Waals surface area contributed by atoms with Gasteiger partial charge in [0.15, 0.2) is 0 Å². The molecule has 0 N–H and O–H groups in total. The van der Waals surface area contributed by atoms with Gasteiger partial charge in [-0.3, -0.25) is 0 Å². The van der Waals surface area contributed by atoms with E-state index >= 15 is 0 Å². The van der Waals surface area contributed by atoms with Crippen molar-refractivity contribution in [2.24, 2.45) is 5.92 Å². The van der Waals surface area contributed by atoms with Gasteiger partial charge in [0.1, 0.15) is 0 Å². The van der Waals surface area contributed by atoms with Crippen LogP contribution in [0.2, 0.25) is 0 Å². The fourth-order valence-electron chi connectivity index (χ4n) is 0.357. The minimum absolute atomic E-state index is 0.104. The maximum absolute atomic E-state index is 11.6. The number of hydrogen-bond donors (Lipinski definition) is 1. The average Bonchev–Trinajstić information content (AvgIpc) is 1.64. The van der Waals surface area contributed by atoms with Gasteiger partial charge in [0.2, 0.25) is 0 Å². The normalized spacial score (nSPS) is 15.7. The molecule has 0 amide bonds. The molecule has 0 bridgehead atoms. The van der Waals surface area contributed by atoms with Crippen molar-refractivity contribution in [2.45, 2.75) is 19.5 Å². The number of alkyl halides is 3. The van der Waals surface area contributed by atoms with E-state index in [1.807, 2.05) is 0 Å². The van der Waals surface area contributed by atoms with Crippen LogP contribution in [0.4, 0.5) is 13.2 Å². The molecule has 9 heavy (non-hydrogen) atoms. The monoisotopic (exact) mass is 158 g/mol. The molecule has 0 aliphatic rings. The van der Waals surface area contributed by atoms with Gasteiger partial charge in [-0.15, -0.1) is 0 Å². The lowest BCUT2D eigenvalue weighted by Gasteiger charge is -2.13. The molecule has 0 rings (SSSR count). The van der Waals surface area contributed by atoms with Crippen LogP contribution in [0.25, 0.3) is 0 Å². The van der Waals surface area contributed by atoms with E-state index in [0.717, 1.165) is 6.92 Å². The summed E-state index contributed by atoms with van der Waals surface area (Å²) in [4.78, 5) is 0. The van der Waals surface area contributed by atoms with Crippen LogP contribution in [-0.2, 0) is 0 Å². The molecule has 56 valence electrons. The van der Waals surface area contributed by atoms with E-state index in [1.54, 1.807) is 0 Å². The molecule has 0 nitrogen and oxygen atoms in total. The summed E-state index contributed by atoms with van der Waals surface area (Å²) < 4.78 is 34.8. The second kappa shape index (κ2) is 3.34. The summed E-state index contributed by atoms with van der Waals surface area (Å²) in [5.74, 6) is -0.921. The van der Waals surface area contributed by atoms with Crippen LogP contribution in [0.15, 0.2) is 0 Å². The highest BCUT2D eigenvalue weighted by Gasteiger charge is 2.34. The molecule has 0 heterocycles. The van der Waals surface area contributed by atoms with Gasteiger partial charge in [-0.05, 0) is 12.2 Å². The van der Waals surface area contributed by atoms with Gasteiger partial charge in [0, 0.05) is 0 Å². The Labute approximate surface area is 57.9 Å². The quantitative estimate of drug-likeness (QED) is 0.586. The van der Waals surface area contributed by atoms with E-state index in [2.05, 4.69) is 12.6 Å². The van der Waals surface area contributed by atoms with Gasteiger partial charge in [0.05, 0.1) is 5.92 Å². The van der Waals surface area contributed by atoms with Crippen molar-refractivity contribution in [1.29, 1.82) is 0 Å². The van der Waals surface area contributed by atoms with E-state index in [-0.39, 0.29) is 6.42 Å². The molecule has 0 radical (unpaired) electrons. The third-order valence-corrected chi connectivity index (χ3v) is 1.38. The molecule has 4 heteroatoms. The van der Waals surface area contributed by atoms with Crippen molar-refractivity contribution in [1.82, 2.24) is 0 Å². The van der Waals surface area contributed by atoms with Gasteiger partial charge in [-0.25, -0.2) is 0 Å². The van der Waals surface area contributed by atoms with E-state index < -0.39 is 12.1 Å². The summed E-state index contributed by atoms with van der Waals surface area (Å²) in [6.07, 6.45) is -3.94. The van der Waals surface area contributed by atoms with E-state index in [4.69, 9.17) is 0 Å². The third kappa shape index (κ3) is 3.67. The van der Waals surface area contributed by atoms with E-state index in [1.165, 1.54) is 0 Å². The molecule has 0 aromatic rings. The summed E-state index contributed by atoms with van der Waals surface area (Å²) in [6, 6.07) is 0. The van der Waals surface area contributed by atoms with Crippen molar-refractivity contribution < 1.29 is 13.2 Å². The molecular weight excluding hydrogens is 149 g/mol. The third-order valence-electron chi connectivity index (χ3n) is 1.12. The molecule has 0 saturated heterocycles. The zero-order valence-corrected chi connectivity index (χ0v) is 5.97. The first-order valence-electron chi connectivity index (χ1n) is 2.66. The predicted molar refractivity (Wildman–Crippen MR) is 33.7 cm³/mol. The second-order valence-electron chi connectivity index (χ2n) is 1.95. The Balaban J connectivity index is 3.59. The average molecular weight is 158 g/mol. The Kier molecular flexibility index (Phi) is 3.40. The van der Waals surface area contributed by atoms with Gasteiger partial charge in [-0.1, -0.05) is 6.92 Å². The molecule has 0 saturated carbocycles. The Morgan fingerprint density at radius 1 is 1.44 bits per heavy atom. The van der Waals surface area contributed by atoms with Crippen LogP contribution < -0.4 is 0 Å². The highest BCUT2D eigenvalue weighted by atomic mass is 32.1. The van der Waals surface area contributed by atoms with Crippen LogP contribution in [-0.4, -0.2) is 11.9 Å². The van der Waals surface area contributed by atoms with Crippen LogP contribution in [0, 0.1) is 5.92 Å². The number of hydrogen-bond acceptors (Lipinski definition) is 1. The van der Waals surface area contributed by atoms with Crippen molar-refractivity contribution in [3.8, 4) is 0 Å². The molecule has 0 aromatic heterocycles. The van der Waals surface area contributed by atoms with E-state index in [9.17, 15) is 13.2 Å². The topological polar surface area (TPSA) is 0 Å². The van der Waals surface area contributed by atoms with Crippen LogP contribution >= 0.6 is 12.6 Å². The Bertz CT molecular complexity index is 78.8. The maximum Gasteiger partial charge on any atom is 0.391 e.